The fraction of sp³-hybridized carbons (Fsp3) is 0.154. The van der Waals surface area contributed by atoms with E-state index in [1.165, 1.54) is 0 Å². The Morgan fingerprint density at radius 1 is 1.25 bits per heavy atom. The van der Waals surface area contributed by atoms with Crippen molar-refractivity contribution in [3.8, 4) is 16.9 Å². The highest BCUT2D eigenvalue weighted by atomic mass is 79.9. The summed E-state index contributed by atoms with van der Waals surface area (Å²) >= 11 is 3.50. The van der Waals surface area contributed by atoms with Crippen LogP contribution in [0, 0.1) is 6.92 Å². The van der Waals surface area contributed by atoms with Gasteiger partial charge in [-0.1, -0.05) is 6.07 Å². The summed E-state index contributed by atoms with van der Waals surface area (Å²) in [7, 11) is 1.68. The molecule has 0 unspecified atom stereocenters. The number of aryl methyl sites for hydroxylation is 1. The van der Waals surface area contributed by atoms with Gasteiger partial charge < -0.3 is 4.74 Å². The van der Waals surface area contributed by atoms with E-state index in [4.69, 9.17) is 4.74 Å². The predicted molar refractivity (Wildman–Crippen MR) is 68.7 cm³/mol. The van der Waals surface area contributed by atoms with E-state index in [1.807, 2.05) is 25.1 Å². The van der Waals surface area contributed by atoms with E-state index in [0.29, 0.717) is 0 Å². The van der Waals surface area contributed by atoms with Gasteiger partial charge >= 0.3 is 0 Å². The molecule has 1 heterocycles. The fourth-order valence-electron chi connectivity index (χ4n) is 1.66. The van der Waals surface area contributed by atoms with Crippen molar-refractivity contribution in [1.29, 1.82) is 0 Å². The number of hydrogen-bond acceptors (Lipinski definition) is 2. The maximum Gasteiger partial charge on any atom is 0.121 e. The van der Waals surface area contributed by atoms with Crippen molar-refractivity contribution in [2.24, 2.45) is 0 Å². The van der Waals surface area contributed by atoms with E-state index >= 15 is 0 Å². The van der Waals surface area contributed by atoms with Gasteiger partial charge in [0.2, 0.25) is 0 Å². The summed E-state index contributed by atoms with van der Waals surface area (Å²) in [5, 5.41) is 0. The molecule has 0 amide bonds. The smallest absolute Gasteiger partial charge is 0.121 e. The zero-order valence-electron chi connectivity index (χ0n) is 9.20. The second-order valence-corrected chi connectivity index (χ2v) is 4.39. The monoisotopic (exact) mass is 277 g/mol. The van der Waals surface area contributed by atoms with E-state index < -0.39 is 0 Å². The molecule has 0 N–H and O–H groups in total. The van der Waals surface area contributed by atoms with Gasteiger partial charge in [0.1, 0.15) is 5.75 Å². The fourth-order valence-corrected chi connectivity index (χ4v) is 2.13. The normalized spacial score (nSPS) is 10.2. The maximum atomic E-state index is 5.24. The van der Waals surface area contributed by atoms with Crippen molar-refractivity contribution < 1.29 is 4.74 Å². The molecule has 1 aromatic heterocycles. The number of rotatable bonds is 2. The summed E-state index contributed by atoms with van der Waals surface area (Å²) < 4.78 is 6.24. The lowest BCUT2D eigenvalue weighted by Crippen LogP contribution is -1.88. The third-order valence-corrected chi connectivity index (χ3v) is 3.11. The highest BCUT2D eigenvalue weighted by Crippen LogP contribution is 2.30. The third kappa shape index (κ3) is 2.09. The second-order valence-electron chi connectivity index (χ2n) is 3.54. The standard InChI is InChI=1S/C13H12BrNO/c1-9-7-10(3-4-13(9)16-2)11-5-6-15-8-12(11)14/h3-8H,1-2H3. The molecule has 0 aliphatic carbocycles. The maximum absolute atomic E-state index is 5.24. The van der Waals surface area contributed by atoms with Crippen molar-refractivity contribution in [1.82, 2.24) is 4.98 Å². The molecule has 2 nitrogen and oxygen atoms in total. The SMILES string of the molecule is COc1ccc(-c2ccncc2Br)cc1C. The first-order valence-corrected chi connectivity index (χ1v) is 5.76. The topological polar surface area (TPSA) is 22.1 Å². The van der Waals surface area contributed by atoms with Gasteiger partial charge in [-0.05, 0) is 57.7 Å². The first kappa shape index (κ1) is 11.1. The Morgan fingerprint density at radius 3 is 2.69 bits per heavy atom. The van der Waals surface area contributed by atoms with Crippen LogP contribution in [0.2, 0.25) is 0 Å². The Balaban J connectivity index is 2.50. The zero-order chi connectivity index (χ0) is 11.5. The Hall–Kier alpha value is -1.35. The van der Waals surface area contributed by atoms with Crippen molar-refractivity contribution in [3.63, 3.8) is 0 Å². The average molecular weight is 278 g/mol. The molecule has 1 aromatic carbocycles. The number of nitrogens with zero attached hydrogens (tertiary/aromatic N) is 1. The largest absolute Gasteiger partial charge is 0.496 e. The lowest BCUT2D eigenvalue weighted by molar-refractivity contribution is 0.412. The Bertz CT molecular complexity index is 511. The molecule has 82 valence electrons. The van der Waals surface area contributed by atoms with Crippen molar-refractivity contribution in [2.45, 2.75) is 6.92 Å². The quantitative estimate of drug-likeness (QED) is 0.833. The van der Waals surface area contributed by atoms with E-state index in [-0.39, 0.29) is 0 Å². The van der Waals surface area contributed by atoms with Gasteiger partial charge in [0, 0.05) is 16.9 Å². The van der Waals surface area contributed by atoms with Gasteiger partial charge in [-0.3, -0.25) is 4.98 Å². The van der Waals surface area contributed by atoms with Crippen LogP contribution in [-0.2, 0) is 0 Å². The average Bonchev–Trinajstić information content (AvgIpc) is 2.29. The number of ether oxygens (including phenoxy) is 1. The molecule has 0 fully saturated rings. The highest BCUT2D eigenvalue weighted by molar-refractivity contribution is 9.10. The molecule has 0 bridgehead atoms. The molecule has 3 heteroatoms. The van der Waals surface area contributed by atoms with Crippen molar-refractivity contribution in [3.05, 3.63) is 46.7 Å². The summed E-state index contributed by atoms with van der Waals surface area (Å²) in [6, 6.07) is 8.13. The van der Waals surface area contributed by atoms with Gasteiger partial charge in [0.05, 0.1) is 7.11 Å². The first-order chi connectivity index (χ1) is 7.72. The lowest BCUT2D eigenvalue weighted by atomic mass is 10.0. The third-order valence-electron chi connectivity index (χ3n) is 2.48. The number of hydrogen-bond donors (Lipinski definition) is 0. The minimum atomic E-state index is 0.911. The van der Waals surface area contributed by atoms with E-state index in [1.54, 1.807) is 19.5 Å². The summed E-state index contributed by atoms with van der Waals surface area (Å²) in [5.74, 6) is 0.911. The van der Waals surface area contributed by atoms with Gasteiger partial charge in [0.25, 0.3) is 0 Å². The molecule has 0 atom stereocenters. The molecule has 0 aliphatic heterocycles. The Morgan fingerprint density at radius 2 is 2.06 bits per heavy atom. The van der Waals surface area contributed by atoms with E-state index in [9.17, 15) is 0 Å². The van der Waals surface area contributed by atoms with Crippen molar-refractivity contribution >= 4 is 15.9 Å². The second kappa shape index (κ2) is 4.66. The van der Waals surface area contributed by atoms with E-state index in [0.717, 1.165) is 26.9 Å². The highest BCUT2D eigenvalue weighted by Gasteiger charge is 2.05. The Kier molecular flexibility index (Phi) is 3.25. The van der Waals surface area contributed by atoms with Crippen LogP contribution in [0.3, 0.4) is 0 Å². The summed E-state index contributed by atoms with van der Waals surface area (Å²) in [4.78, 5) is 4.06. The van der Waals surface area contributed by atoms with Crippen LogP contribution < -0.4 is 4.74 Å². The molecule has 0 spiro atoms. The summed E-state index contributed by atoms with van der Waals surface area (Å²) in [5.41, 5.74) is 3.43. The molecule has 16 heavy (non-hydrogen) atoms. The molecule has 2 rings (SSSR count). The van der Waals surface area contributed by atoms with Gasteiger partial charge in [-0.25, -0.2) is 0 Å². The molecular formula is C13H12BrNO. The van der Waals surface area contributed by atoms with Crippen molar-refractivity contribution in [2.75, 3.05) is 7.11 Å². The molecule has 2 aromatic rings. The van der Waals surface area contributed by atoms with Crippen LogP contribution in [0.5, 0.6) is 5.75 Å². The molecule has 0 radical (unpaired) electrons. The van der Waals surface area contributed by atoms with Gasteiger partial charge in [-0.2, -0.15) is 0 Å². The predicted octanol–water partition coefficient (Wildman–Crippen LogP) is 3.83. The minimum absolute atomic E-state index is 0.911. The number of pyridine rings is 1. The molecular weight excluding hydrogens is 266 g/mol. The summed E-state index contributed by atoms with van der Waals surface area (Å²) in [6.07, 6.45) is 3.59. The summed E-state index contributed by atoms with van der Waals surface area (Å²) in [6.45, 7) is 2.04. The Labute approximate surface area is 103 Å². The van der Waals surface area contributed by atoms with E-state index in [2.05, 4.69) is 27.0 Å². The number of aromatic nitrogens is 1. The van der Waals surface area contributed by atoms with Crippen LogP contribution in [0.4, 0.5) is 0 Å². The van der Waals surface area contributed by atoms with Crippen LogP contribution >= 0.6 is 15.9 Å². The van der Waals surface area contributed by atoms with Crippen LogP contribution in [-0.4, -0.2) is 12.1 Å². The number of methoxy groups -OCH3 is 1. The lowest BCUT2D eigenvalue weighted by Gasteiger charge is -2.08. The molecule has 0 saturated heterocycles. The molecule has 0 saturated carbocycles. The van der Waals surface area contributed by atoms with Crippen LogP contribution in [0.15, 0.2) is 41.1 Å². The zero-order valence-corrected chi connectivity index (χ0v) is 10.8. The minimum Gasteiger partial charge on any atom is -0.496 e. The first-order valence-electron chi connectivity index (χ1n) is 4.97. The van der Waals surface area contributed by atoms with Crippen LogP contribution in [0.25, 0.3) is 11.1 Å². The molecule has 0 aliphatic rings. The van der Waals surface area contributed by atoms with Gasteiger partial charge in [0.15, 0.2) is 0 Å². The number of halogens is 1. The number of benzene rings is 1. The van der Waals surface area contributed by atoms with Gasteiger partial charge in [-0.15, -0.1) is 0 Å². The van der Waals surface area contributed by atoms with Crippen LogP contribution in [0.1, 0.15) is 5.56 Å².